The highest BCUT2D eigenvalue weighted by Gasteiger charge is 2.22. The zero-order valence-corrected chi connectivity index (χ0v) is 45.8. The Morgan fingerprint density at radius 3 is 0.885 bits per heavy atom. The molecule has 11 rings (SSSR count). The van der Waals surface area contributed by atoms with Gasteiger partial charge in [-0.2, -0.15) is 0 Å². The molecule has 0 bridgehead atoms. The van der Waals surface area contributed by atoms with Crippen LogP contribution >= 0.6 is 0 Å². The lowest BCUT2D eigenvalue weighted by atomic mass is 10.0. The van der Waals surface area contributed by atoms with Crippen molar-refractivity contribution in [1.29, 1.82) is 0 Å². The summed E-state index contributed by atoms with van der Waals surface area (Å²) in [5.74, 6) is 2.97. The average Bonchev–Trinajstić information content (AvgIpc) is 4.41. The van der Waals surface area contributed by atoms with Crippen LogP contribution < -0.4 is 0 Å². The monoisotopic (exact) mass is 1040 g/mol. The van der Waals surface area contributed by atoms with Crippen molar-refractivity contribution < 1.29 is 9.59 Å². The fraction of sp³-hybridized carbons (Fsp3) is 0.286. The molecule has 0 N–H and O–H groups in total. The number of rotatable bonds is 18. The van der Waals surface area contributed by atoms with Crippen LogP contribution in [-0.4, -0.2) is 101 Å². The zero-order chi connectivity index (χ0) is 54.2. The van der Waals surface area contributed by atoms with Crippen LogP contribution in [-0.2, 0) is 39.0 Å². The van der Waals surface area contributed by atoms with E-state index in [4.69, 9.17) is 34.9 Å². The maximum atomic E-state index is 13.2. The Balaban J connectivity index is 0.839. The van der Waals surface area contributed by atoms with Gasteiger partial charge in [-0.05, 0) is 175 Å². The Bertz CT molecular complexity index is 3800. The first-order chi connectivity index (χ1) is 38.1. The maximum absolute atomic E-state index is 13.2. The highest BCUT2D eigenvalue weighted by atomic mass is 16.2. The lowest BCUT2D eigenvalue weighted by Crippen LogP contribution is -2.31. The molecule has 15 nitrogen and oxygen atoms in total. The molecule has 0 fully saturated rings. The number of hydrogen-bond acceptors (Lipinski definition) is 9. The summed E-state index contributed by atoms with van der Waals surface area (Å²) >= 11 is 0. The van der Waals surface area contributed by atoms with Crippen LogP contribution in [0.3, 0.4) is 0 Å². The Labute approximate surface area is 454 Å². The standard InChI is InChI=1S/C63H65N13O2/c1-9-71(10-2)62(77)48-24-18-22-46(65-48)60-69-52-38-42(28-32-56(52)75(60)15-7)34-40-26-30-54-50(36-40)67-58(73(54)13-5)44-20-17-21-45(64-44)59-68-51-37-41(27-31-55(51)74(59)14-6)35-43-29-33-57-53(39-43)70-61(76(57)16-8)47-23-19-25-49(66-47)63(78)72(11-3)12-4/h17-33,36-39H,9-16,34-35H2,1-8H3. The molecule has 7 aromatic heterocycles. The van der Waals surface area contributed by atoms with Crippen molar-refractivity contribution in [2.45, 2.75) is 94.4 Å². The van der Waals surface area contributed by atoms with Gasteiger partial charge in [0.25, 0.3) is 11.8 Å². The number of hydrogen-bond donors (Lipinski definition) is 0. The van der Waals surface area contributed by atoms with Crippen LogP contribution in [0.25, 0.3) is 90.2 Å². The number of imidazole rings is 4. The Kier molecular flexibility index (Phi) is 14.2. The predicted molar refractivity (Wildman–Crippen MR) is 310 cm³/mol. The Morgan fingerprint density at radius 1 is 0.346 bits per heavy atom. The van der Waals surface area contributed by atoms with Gasteiger partial charge >= 0.3 is 0 Å². The third-order valence-electron chi connectivity index (χ3n) is 15.0. The van der Waals surface area contributed by atoms with E-state index in [1.54, 1.807) is 21.9 Å². The van der Waals surface area contributed by atoms with Gasteiger partial charge in [-0.1, -0.05) is 42.5 Å². The summed E-state index contributed by atoms with van der Waals surface area (Å²) in [4.78, 5) is 65.5. The minimum atomic E-state index is -0.0755. The van der Waals surface area contributed by atoms with E-state index in [1.807, 2.05) is 70.2 Å². The molecule has 0 aliphatic rings. The van der Waals surface area contributed by atoms with Gasteiger partial charge in [-0.15, -0.1) is 0 Å². The molecular weight excluding hydrogens is 971 g/mol. The van der Waals surface area contributed by atoms with E-state index in [0.29, 0.717) is 74.9 Å². The summed E-state index contributed by atoms with van der Waals surface area (Å²) in [6.45, 7) is 21.8. The third-order valence-corrected chi connectivity index (χ3v) is 15.0. The molecule has 7 heterocycles. The van der Waals surface area contributed by atoms with E-state index in [-0.39, 0.29) is 11.8 Å². The lowest BCUT2D eigenvalue weighted by Gasteiger charge is -2.18. The van der Waals surface area contributed by atoms with E-state index < -0.39 is 0 Å². The number of pyridine rings is 3. The lowest BCUT2D eigenvalue weighted by molar-refractivity contribution is 0.0759. The molecule has 0 unspecified atom stereocenters. The van der Waals surface area contributed by atoms with E-state index in [1.165, 1.54) is 0 Å². The summed E-state index contributed by atoms with van der Waals surface area (Å²) in [6, 6.07) is 43.4. The zero-order valence-electron chi connectivity index (χ0n) is 45.8. The first-order valence-electron chi connectivity index (χ1n) is 27.6. The molecular formula is C63H65N13O2. The molecule has 0 radical (unpaired) electrons. The minimum Gasteiger partial charge on any atom is -0.338 e. The van der Waals surface area contributed by atoms with Gasteiger partial charge in [0.2, 0.25) is 0 Å². The minimum absolute atomic E-state index is 0.0755. The van der Waals surface area contributed by atoms with Gasteiger partial charge in [0.15, 0.2) is 23.3 Å². The Morgan fingerprint density at radius 2 is 0.615 bits per heavy atom. The van der Waals surface area contributed by atoms with Gasteiger partial charge in [-0.3, -0.25) is 9.59 Å². The highest BCUT2D eigenvalue weighted by molar-refractivity contribution is 5.94. The molecule has 394 valence electrons. The summed E-state index contributed by atoms with van der Waals surface area (Å²) < 4.78 is 8.80. The van der Waals surface area contributed by atoms with Crippen LogP contribution in [0.5, 0.6) is 0 Å². The van der Waals surface area contributed by atoms with Crippen molar-refractivity contribution in [2.24, 2.45) is 0 Å². The molecule has 4 aromatic carbocycles. The van der Waals surface area contributed by atoms with E-state index >= 15 is 0 Å². The number of aromatic nitrogens is 11. The van der Waals surface area contributed by atoms with Crippen LogP contribution in [0.1, 0.15) is 98.6 Å². The second-order valence-electron chi connectivity index (χ2n) is 19.5. The molecule has 2 amide bonds. The van der Waals surface area contributed by atoms with Crippen LogP contribution in [0.4, 0.5) is 0 Å². The first-order valence-corrected chi connectivity index (χ1v) is 27.6. The van der Waals surface area contributed by atoms with Crippen molar-refractivity contribution in [1.82, 2.24) is 63.0 Å². The number of carbonyl (C=O) groups excluding carboxylic acids is 2. The second kappa shape index (κ2) is 21.6. The van der Waals surface area contributed by atoms with Crippen molar-refractivity contribution >= 4 is 55.9 Å². The third kappa shape index (κ3) is 9.36. The summed E-state index contributed by atoms with van der Waals surface area (Å²) in [5, 5.41) is 0. The number of aryl methyl sites for hydroxylation is 4. The summed E-state index contributed by atoms with van der Waals surface area (Å²) in [6.07, 6.45) is 1.42. The fourth-order valence-electron chi connectivity index (χ4n) is 11.1. The largest absolute Gasteiger partial charge is 0.338 e. The molecule has 0 saturated heterocycles. The van der Waals surface area contributed by atoms with Crippen molar-refractivity contribution in [3.05, 3.63) is 161 Å². The predicted octanol–water partition coefficient (Wildman–Crippen LogP) is 12.2. The van der Waals surface area contributed by atoms with Crippen LogP contribution in [0.15, 0.2) is 127 Å². The number of fused-ring (bicyclic) bond motifs is 4. The number of amides is 2. The molecule has 11 aromatic rings. The number of nitrogens with zero attached hydrogens (tertiary/aromatic N) is 13. The summed E-state index contributed by atoms with van der Waals surface area (Å²) in [5.41, 5.74) is 16.1. The van der Waals surface area contributed by atoms with Gasteiger partial charge in [0.1, 0.15) is 34.2 Å². The molecule has 0 spiro atoms. The van der Waals surface area contributed by atoms with Crippen LogP contribution in [0, 0.1) is 0 Å². The van der Waals surface area contributed by atoms with Gasteiger partial charge in [0, 0.05) is 52.4 Å². The van der Waals surface area contributed by atoms with Crippen LogP contribution in [0.2, 0.25) is 0 Å². The van der Waals surface area contributed by atoms with E-state index in [2.05, 4.69) is 119 Å². The van der Waals surface area contributed by atoms with Crippen molar-refractivity contribution in [2.75, 3.05) is 26.2 Å². The molecule has 0 aliphatic heterocycles. The normalized spacial score (nSPS) is 11.7. The van der Waals surface area contributed by atoms with Crippen molar-refractivity contribution in [3.63, 3.8) is 0 Å². The first kappa shape index (κ1) is 51.3. The Hall–Kier alpha value is -8.85. The molecule has 15 heteroatoms. The van der Waals surface area contributed by atoms with Gasteiger partial charge < -0.3 is 28.1 Å². The quantitative estimate of drug-likeness (QED) is 0.0818. The van der Waals surface area contributed by atoms with Crippen molar-refractivity contribution in [3.8, 4) is 46.1 Å². The highest BCUT2D eigenvalue weighted by Crippen LogP contribution is 2.32. The average molecular weight is 1040 g/mol. The molecule has 0 saturated carbocycles. The van der Waals surface area contributed by atoms with E-state index in [0.717, 1.165) is 114 Å². The maximum Gasteiger partial charge on any atom is 0.272 e. The van der Waals surface area contributed by atoms with Gasteiger partial charge in [0.05, 0.1) is 44.1 Å². The molecule has 0 aliphatic carbocycles. The number of benzene rings is 4. The van der Waals surface area contributed by atoms with E-state index in [9.17, 15) is 9.59 Å². The fourth-order valence-corrected chi connectivity index (χ4v) is 11.1. The second-order valence-corrected chi connectivity index (χ2v) is 19.5. The summed E-state index contributed by atoms with van der Waals surface area (Å²) in [7, 11) is 0. The van der Waals surface area contributed by atoms with Gasteiger partial charge in [-0.25, -0.2) is 34.9 Å². The smallest absolute Gasteiger partial charge is 0.272 e. The molecule has 0 atom stereocenters. The molecule has 78 heavy (non-hydrogen) atoms. The number of carbonyl (C=O) groups is 2. The SMILES string of the molecule is CCN(CC)C(=O)c1cccc(-c2nc3cc(Cc4ccc5c(c4)nc(-c4cccc(-c6nc7cc(Cc8ccc9c(c8)nc(-c8cccc(C(=O)N(CC)CC)n8)n9CC)ccc7n6CC)n4)n5CC)ccc3n2CC)n1. The topological polar surface area (TPSA) is 151 Å².